The van der Waals surface area contributed by atoms with Crippen LogP contribution >= 0.6 is 11.6 Å². The normalized spacial score (nSPS) is 23.0. The second-order valence-electron chi connectivity index (χ2n) is 10.3. The van der Waals surface area contributed by atoms with Gasteiger partial charge < -0.3 is 24.7 Å². The highest BCUT2D eigenvalue weighted by Crippen LogP contribution is 2.37. The molecule has 2 atom stereocenters. The van der Waals surface area contributed by atoms with Crippen molar-refractivity contribution in [3.05, 3.63) is 47.8 Å². The largest absolute Gasteiger partial charge is 0.411 e. The summed E-state index contributed by atoms with van der Waals surface area (Å²) >= 11 is 6.38. The second-order valence-corrected chi connectivity index (χ2v) is 10.8. The van der Waals surface area contributed by atoms with E-state index in [9.17, 15) is 4.79 Å². The molecule has 1 amide bonds. The molecule has 1 aliphatic heterocycles. The molecular weight excluding hydrogens is 530 g/mol. The van der Waals surface area contributed by atoms with Gasteiger partial charge in [-0.2, -0.15) is 4.98 Å². The van der Waals surface area contributed by atoms with Gasteiger partial charge in [-0.25, -0.2) is 14.8 Å². The van der Waals surface area contributed by atoms with Crippen LogP contribution in [-0.2, 0) is 16.0 Å². The predicted molar refractivity (Wildman–Crippen MR) is 154 cm³/mol. The lowest BCUT2D eigenvalue weighted by Crippen LogP contribution is -2.51. The number of nitrogens with two attached hydrogens (primary N) is 1. The van der Waals surface area contributed by atoms with E-state index in [-0.39, 0.29) is 17.9 Å². The standard InChI is InChI=1S/C29H32ClN7O3/c1-4-18-9-11-19(12-10-18)14-36-24-23(20-7-6-8-21(30)13-20)33-27(25(31)40-28(32)38)34-26(24)35-29(36)37-17(3)15-39-16-22(37)5-2/h1,5-8,13,17-19,22,31H,2,9-12,14-16H2,3H3,(H2,32,38)/t17-,18-,19-,22-/m1/s1. The molecule has 5 rings (SSSR count). The molecule has 0 spiro atoms. The molecule has 1 saturated carbocycles. The van der Waals surface area contributed by atoms with Crippen molar-refractivity contribution in [2.75, 3.05) is 18.1 Å². The summed E-state index contributed by atoms with van der Waals surface area (Å²) in [5.74, 6) is 3.64. The Morgan fingerprint density at radius 2 is 2.08 bits per heavy atom. The zero-order valence-corrected chi connectivity index (χ0v) is 23.1. The topological polar surface area (TPSA) is 132 Å². The highest BCUT2D eigenvalue weighted by Gasteiger charge is 2.34. The molecule has 3 N–H and O–H groups in total. The third kappa shape index (κ3) is 5.53. The van der Waals surface area contributed by atoms with Crippen LogP contribution in [0.25, 0.3) is 22.4 Å². The molecule has 1 aromatic carbocycles. The number of amides is 1. The fraction of sp³-hybridized carbons (Fsp3) is 0.414. The minimum absolute atomic E-state index is 0.0167. The molecule has 2 aliphatic rings. The van der Waals surface area contributed by atoms with Crippen molar-refractivity contribution in [3.8, 4) is 23.6 Å². The first-order chi connectivity index (χ1) is 19.3. The van der Waals surface area contributed by atoms with E-state index in [1.807, 2.05) is 18.2 Å². The van der Waals surface area contributed by atoms with Gasteiger partial charge in [-0.05, 0) is 50.7 Å². The molecule has 208 valence electrons. The molecule has 2 aromatic heterocycles. The summed E-state index contributed by atoms with van der Waals surface area (Å²) in [5.41, 5.74) is 7.48. The number of nitrogens with one attached hydrogen (secondary N) is 1. The summed E-state index contributed by atoms with van der Waals surface area (Å²) < 4.78 is 12.8. The average Bonchev–Trinajstić information content (AvgIpc) is 3.29. The Bertz CT molecular complexity index is 1490. The highest BCUT2D eigenvalue weighted by molar-refractivity contribution is 6.30. The number of imidazole rings is 1. The van der Waals surface area contributed by atoms with E-state index in [1.54, 1.807) is 12.1 Å². The summed E-state index contributed by atoms with van der Waals surface area (Å²) in [5, 5.41) is 8.79. The number of morpholine rings is 1. The maximum Gasteiger partial charge on any atom is 0.411 e. The summed E-state index contributed by atoms with van der Waals surface area (Å²) in [6, 6.07) is 7.20. The summed E-state index contributed by atoms with van der Waals surface area (Å²) in [6.07, 6.45) is 10.4. The lowest BCUT2D eigenvalue weighted by molar-refractivity contribution is 0.0809. The molecule has 0 bridgehead atoms. The van der Waals surface area contributed by atoms with Crippen molar-refractivity contribution in [1.29, 1.82) is 5.41 Å². The zero-order chi connectivity index (χ0) is 28.4. The van der Waals surface area contributed by atoms with Crippen molar-refractivity contribution < 1.29 is 14.3 Å². The Kier molecular flexibility index (Phi) is 8.05. The molecule has 2 fully saturated rings. The van der Waals surface area contributed by atoms with Gasteiger partial charge in [0.15, 0.2) is 5.65 Å². The van der Waals surface area contributed by atoms with E-state index in [4.69, 9.17) is 43.6 Å². The van der Waals surface area contributed by atoms with Crippen LogP contribution in [0.1, 0.15) is 38.4 Å². The van der Waals surface area contributed by atoms with Gasteiger partial charge in [-0.3, -0.25) is 5.41 Å². The van der Waals surface area contributed by atoms with Crippen LogP contribution in [0.15, 0.2) is 36.9 Å². The zero-order valence-electron chi connectivity index (χ0n) is 22.3. The van der Waals surface area contributed by atoms with Gasteiger partial charge in [-0.1, -0.05) is 29.8 Å². The van der Waals surface area contributed by atoms with Crippen LogP contribution in [0.3, 0.4) is 0 Å². The van der Waals surface area contributed by atoms with E-state index in [2.05, 4.69) is 38.9 Å². The molecule has 3 heterocycles. The van der Waals surface area contributed by atoms with Crippen molar-refractivity contribution in [1.82, 2.24) is 19.5 Å². The second kappa shape index (κ2) is 11.7. The number of terminal acetylenes is 1. The van der Waals surface area contributed by atoms with Crippen LogP contribution in [-0.4, -0.2) is 56.8 Å². The van der Waals surface area contributed by atoms with Gasteiger partial charge in [0.2, 0.25) is 11.8 Å². The maximum atomic E-state index is 11.4. The van der Waals surface area contributed by atoms with Crippen LogP contribution in [0.5, 0.6) is 0 Å². The Balaban J connectivity index is 1.73. The number of benzene rings is 1. The van der Waals surface area contributed by atoms with Crippen molar-refractivity contribution in [2.24, 2.45) is 17.6 Å². The number of primary amides is 1. The van der Waals surface area contributed by atoms with E-state index in [1.165, 1.54) is 0 Å². The van der Waals surface area contributed by atoms with Gasteiger partial charge in [0, 0.05) is 23.0 Å². The van der Waals surface area contributed by atoms with Crippen molar-refractivity contribution in [3.63, 3.8) is 0 Å². The Morgan fingerprint density at radius 3 is 2.75 bits per heavy atom. The number of aromatic nitrogens is 4. The summed E-state index contributed by atoms with van der Waals surface area (Å²) in [4.78, 5) is 27.9. The minimum Gasteiger partial charge on any atom is -0.388 e. The molecule has 1 aliphatic carbocycles. The van der Waals surface area contributed by atoms with E-state index in [0.29, 0.717) is 65.0 Å². The smallest absolute Gasteiger partial charge is 0.388 e. The van der Waals surface area contributed by atoms with Crippen LogP contribution in [0.4, 0.5) is 10.7 Å². The number of rotatable bonds is 6. The van der Waals surface area contributed by atoms with Crippen LogP contribution < -0.4 is 10.6 Å². The number of anilines is 1. The van der Waals surface area contributed by atoms with Gasteiger partial charge in [0.25, 0.3) is 5.90 Å². The molecule has 1 saturated heterocycles. The minimum atomic E-state index is -1.12. The van der Waals surface area contributed by atoms with Gasteiger partial charge in [0.1, 0.15) is 11.2 Å². The number of halogens is 1. The van der Waals surface area contributed by atoms with Gasteiger partial charge >= 0.3 is 6.09 Å². The third-order valence-corrected chi connectivity index (χ3v) is 7.83. The fourth-order valence-corrected chi connectivity index (χ4v) is 5.81. The Hall–Kier alpha value is -3.94. The first kappa shape index (κ1) is 27.6. The quantitative estimate of drug-likeness (QED) is 0.191. The Labute approximate surface area is 238 Å². The number of nitrogens with zero attached hydrogens (tertiary/aromatic N) is 5. The van der Waals surface area contributed by atoms with Crippen molar-refractivity contribution >= 4 is 40.7 Å². The number of hydrogen-bond acceptors (Lipinski definition) is 8. The van der Waals surface area contributed by atoms with E-state index < -0.39 is 12.0 Å². The predicted octanol–water partition coefficient (Wildman–Crippen LogP) is 4.79. The lowest BCUT2D eigenvalue weighted by Gasteiger charge is -2.40. The van der Waals surface area contributed by atoms with Crippen LogP contribution in [0, 0.1) is 29.6 Å². The first-order valence-electron chi connectivity index (χ1n) is 13.3. The molecular formula is C29H32ClN7O3. The molecule has 11 heteroatoms. The summed E-state index contributed by atoms with van der Waals surface area (Å²) in [7, 11) is 0. The third-order valence-electron chi connectivity index (χ3n) is 7.59. The molecule has 3 aromatic rings. The molecule has 0 radical (unpaired) electrons. The monoisotopic (exact) mass is 561 g/mol. The molecule has 0 unspecified atom stereocenters. The van der Waals surface area contributed by atoms with Crippen LogP contribution in [0.2, 0.25) is 5.02 Å². The van der Waals surface area contributed by atoms with E-state index >= 15 is 0 Å². The number of fused-ring (bicyclic) bond motifs is 1. The SMILES string of the molecule is C#C[C@H]1CC[C@H](Cn2c(N3[C@H](C)COC[C@H]3C=C)nc3nc(C(=N)OC(N)=O)nc(-c4cccc(Cl)c4)c32)CC1. The summed E-state index contributed by atoms with van der Waals surface area (Å²) in [6.45, 7) is 7.84. The fourth-order valence-electron chi connectivity index (χ4n) is 5.62. The molecule has 10 nitrogen and oxygen atoms in total. The first-order valence-corrected chi connectivity index (χ1v) is 13.7. The average molecular weight is 562 g/mol. The van der Waals surface area contributed by atoms with Gasteiger partial charge in [-0.15, -0.1) is 18.9 Å². The number of ether oxygens (including phenoxy) is 2. The molecule has 40 heavy (non-hydrogen) atoms. The van der Waals surface area contributed by atoms with Crippen molar-refractivity contribution in [2.45, 2.75) is 51.2 Å². The highest BCUT2D eigenvalue weighted by atomic mass is 35.5. The lowest BCUT2D eigenvalue weighted by atomic mass is 9.82. The number of carbonyl (C=O) groups excluding carboxylic acids is 1. The number of carbonyl (C=O) groups is 1. The van der Waals surface area contributed by atoms with Gasteiger partial charge in [0.05, 0.1) is 25.3 Å². The number of hydrogen-bond donors (Lipinski definition) is 2. The van der Waals surface area contributed by atoms with E-state index in [0.717, 1.165) is 25.7 Å². The Morgan fingerprint density at radius 1 is 1.30 bits per heavy atom. The maximum absolute atomic E-state index is 11.4.